The minimum absolute atomic E-state index is 0.0420. The Bertz CT molecular complexity index is 938. The van der Waals surface area contributed by atoms with E-state index in [1.807, 2.05) is 61.5 Å². The van der Waals surface area contributed by atoms with Crippen LogP contribution in [0.5, 0.6) is 0 Å². The summed E-state index contributed by atoms with van der Waals surface area (Å²) in [5, 5.41) is 4.48. The number of nitrogens with one attached hydrogen (secondary N) is 1. The number of thioether (sulfide) groups is 1. The van der Waals surface area contributed by atoms with Crippen LogP contribution >= 0.6 is 23.4 Å². The summed E-state index contributed by atoms with van der Waals surface area (Å²) in [6.45, 7) is 6.41. The van der Waals surface area contributed by atoms with Crippen LogP contribution in [0.2, 0.25) is 5.02 Å². The van der Waals surface area contributed by atoms with Gasteiger partial charge in [-0.2, -0.15) is 0 Å². The fourth-order valence-corrected chi connectivity index (χ4v) is 3.78. The van der Waals surface area contributed by atoms with E-state index in [-0.39, 0.29) is 11.9 Å². The van der Waals surface area contributed by atoms with Gasteiger partial charge < -0.3 is 9.88 Å². The molecule has 1 unspecified atom stereocenters. The van der Waals surface area contributed by atoms with E-state index in [1.54, 1.807) is 0 Å². The van der Waals surface area contributed by atoms with Crippen LogP contribution in [0.15, 0.2) is 66.3 Å². The number of rotatable bonds is 7. The number of para-hydroxylation sites is 2. The lowest BCUT2D eigenvalue weighted by molar-refractivity contribution is -0.119. The Morgan fingerprint density at radius 1 is 1.35 bits per heavy atom. The summed E-state index contributed by atoms with van der Waals surface area (Å²) in [5.41, 5.74) is 2.95. The van der Waals surface area contributed by atoms with Gasteiger partial charge >= 0.3 is 0 Å². The van der Waals surface area contributed by atoms with Crippen molar-refractivity contribution in [1.29, 1.82) is 0 Å². The Balaban J connectivity index is 1.67. The van der Waals surface area contributed by atoms with Crippen LogP contribution in [0.4, 0.5) is 0 Å². The normalized spacial score (nSPS) is 12.1. The standard InChI is InChI=1S/C20H20ClN3OS/c1-3-11-24-18-10-5-4-9-17(18)23-20(24)26-13-19(25)22-14(2)15-7-6-8-16(21)12-15/h3-10,12,14H,1,11,13H2,2H3,(H,22,25). The van der Waals surface area contributed by atoms with Crippen molar-refractivity contribution in [3.8, 4) is 0 Å². The summed E-state index contributed by atoms with van der Waals surface area (Å²) < 4.78 is 2.07. The molecule has 3 rings (SSSR count). The molecule has 2 aromatic carbocycles. The molecule has 1 atom stereocenters. The monoisotopic (exact) mass is 385 g/mol. The average Bonchev–Trinajstić information content (AvgIpc) is 2.98. The summed E-state index contributed by atoms with van der Waals surface area (Å²) in [6.07, 6.45) is 1.83. The fraction of sp³-hybridized carbons (Fsp3) is 0.200. The van der Waals surface area contributed by atoms with Crippen LogP contribution in [0, 0.1) is 0 Å². The first-order chi connectivity index (χ1) is 12.6. The van der Waals surface area contributed by atoms with Crippen molar-refractivity contribution in [3.05, 3.63) is 71.8 Å². The Morgan fingerprint density at radius 3 is 2.92 bits per heavy atom. The van der Waals surface area contributed by atoms with E-state index in [9.17, 15) is 4.79 Å². The van der Waals surface area contributed by atoms with Crippen molar-refractivity contribution < 1.29 is 4.79 Å². The van der Waals surface area contributed by atoms with Gasteiger partial charge in [0.15, 0.2) is 5.16 Å². The number of halogens is 1. The van der Waals surface area contributed by atoms with Gasteiger partial charge in [-0.15, -0.1) is 6.58 Å². The molecule has 0 saturated heterocycles. The molecule has 1 amide bonds. The molecule has 1 aromatic heterocycles. The number of hydrogen-bond donors (Lipinski definition) is 1. The van der Waals surface area contributed by atoms with E-state index >= 15 is 0 Å². The molecular weight excluding hydrogens is 366 g/mol. The smallest absolute Gasteiger partial charge is 0.230 e. The van der Waals surface area contributed by atoms with Crippen molar-refractivity contribution >= 4 is 40.3 Å². The molecule has 6 heteroatoms. The van der Waals surface area contributed by atoms with Crippen molar-refractivity contribution in [2.24, 2.45) is 0 Å². The number of amides is 1. The Labute approximate surface area is 162 Å². The first-order valence-electron chi connectivity index (χ1n) is 8.32. The van der Waals surface area contributed by atoms with Gasteiger partial charge in [-0.25, -0.2) is 4.98 Å². The molecule has 0 radical (unpaired) electrons. The van der Waals surface area contributed by atoms with E-state index in [0.717, 1.165) is 21.8 Å². The quantitative estimate of drug-likeness (QED) is 0.467. The molecule has 134 valence electrons. The lowest BCUT2D eigenvalue weighted by Crippen LogP contribution is -2.28. The first-order valence-corrected chi connectivity index (χ1v) is 9.68. The molecule has 0 fully saturated rings. The molecule has 3 aromatic rings. The van der Waals surface area contributed by atoms with Gasteiger partial charge in [-0.3, -0.25) is 4.79 Å². The maximum absolute atomic E-state index is 12.3. The molecule has 4 nitrogen and oxygen atoms in total. The van der Waals surface area contributed by atoms with E-state index in [0.29, 0.717) is 17.3 Å². The third-order valence-electron chi connectivity index (χ3n) is 3.99. The molecule has 0 aliphatic carbocycles. The summed E-state index contributed by atoms with van der Waals surface area (Å²) in [7, 11) is 0. The second-order valence-electron chi connectivity index (χ2n) is 5.92. The van der Waals surface area contributed by atoms with Gasteiger partial charge in [-0.05, 0) is 36.8 Å². The number of nitrogens with zero attached hydrogens (tertiary/aromatic N) is 2. The van der Waals surface area contributed by atoms with Crippen LogP contribution < -0.4 is 5.32 Å². The van der Waals surface area contributed by atoms with Crippen LogP contribution in [0.1, 0.15) is 18.5 Å². The maximum Gasteiger partial charge on any atom is 0.230 e. The highest BCUT2D eigenvalue weighted by atomic mass is 35.5. The second kappa shape index (κ2) is 8.43. The van der Waals surface area contributed by atoms with Crippen molar-refractivity contribution in [2.45, 2.75) is 24.7 Å². The van der Waals surface area contributed by atoms with Crippen LogP contribution in [0.3, 0.4) is 0 Å². The number of carbonyl (C=O) groups is 1. The molecule has 0 aliphatic rings. The third-order valence-corrected chi connectivity index (χ3v) is 5.20. The largest absolute Gasteiger partial charge is 0.349 e. The average molecular weight is 386 g/mol. The number of allylic oxidation sites excluding steroid dienone is 1. The molecule has 0 aliphatic heterocycles. The molecular formula is C20H20ClN3OS. The SMILES string of the molecule is C=CCn1c(SCC(=O)NC(C)c2cccc(Cl)c2)nc2ccccc21. The minimum Gasteiger partial charge on any atom is -0.349 e. The Morgan fingerprint density at radius 2 is 2.15 bits per heavy atom. The molecule has 1 N–H and O–H groups in total. The molecule has 1 heterocycles. The Kier molecular flexibility index (Phi) is 6.01. The number of benzene rings is 2. The van der Waals surface area contributed by atoms with Crippen LogP contribution in [-0.4, -0.2) is 21.2 Å². The van der Waals surface area contributed by atoms with Crippen molar-refractivity contribution in [2.75, 3.05) is 5.75 Å². The van der Waals surface area contributed by atoms with Gasteiger partial charge in [0.05, 0.1) is 22.8 Å². The van der Waals surface area contributed by atoms with Crippen molar-refractivity contribution in [3.63, 3.8) is 0 Å². The summed E-state index contributed by atoms with van der Waals surface area (Å²) in [5.74, 6) is 0.255. The van der Waals surface area contributed by atoms with Crippen LogP contribution in [0.25, 0.3) is 11.0 Å². The first kappa shape index (κ1) is 18.5. The Hall–Kier alpha value is -2.24. The summed E-state index contributed by atoms with van der Waals surface area (Å²) >= 11 is 7.44. The molecule has 0 spiro atoms. The molecule has 0 saturated carbocycles. The van der Waals surface area contributed by atoms with Gasteiger partial charge in [-0.1, -0.05) is 53.7 Å². The van der Waals surface area contributed by atoms with E-state index in [1.165, 1.54) is 11.8 Å². The molecule has 0 bridgehead atoms. The lowest BCUT2D eigenvalue weighted by Gasteiger charge is -2.14. The zero-order chi connectivity index (χ0) is 18.5. The van der Waals surface area contributed by atoms with Gasteiger partial charge in [0, 0.05) is 11.6 Å². The van der Waals surface area contributed by atoms with Gasteiger partial charge in [0.1, 0.15) is 0 Å². The summed E-state index contributed by atoms with van der Waals surface area (Å²) in [4.78, 5) is 17.0. The van der Waals surface area contributed by atoms with E-state index in [4.69, 9.17) is 11.6 Å². The minimum atomic E-state index is -0.103. The lowest BCUT2D eigenvalue weighted by atomic mass is 10.1. The maximum atomic E-state index is 12.3. The number of carbonyl (C=O) groups excluding carboxylic acids is 1. The predicted molar refractivity (Wildman–Crippen MR) is 109 cm³/mol. The number of aromatic nitrogens is 2. The fourth-order valence-electron chi connectivity index (χ4n) is 2.74. The number of imidazole rings is 1. The zero-order valence-electron chi connectivity index (χ0n) is 14.5. The van der Waals surface area contributed by atoms with Crippen LogP contribution in [-0.2, 0) is 11.3 Å². The van der Waals surface area contributed by atoms with Crippen molar-refractivity contribution in [1.82, 2.24) is 14.9 Å². The third kappa shape index (κ3) is 4.29. The predicted octanol–water partition coefficient (Wildman–Crippen LogP) is 4.85. The highest BCUT2D eigenvalue weighted by molar-refractivity contribution is 7.99. The van der Waals surface area contributed by atoms with Gasteiger partial charge in [0.2, 0.25) is 5.91 Å². The summed E-state index contributed by atoms with van der Waals surface area (Å²) in [6, 6.07) is 15.4. The number of hydrogen-bond acceptors (Lipinski definition) is 3. The van der Waals surface area contributed by atoms with E-state index < -0.39 is 0 Å². The van der Waals surface area contributed by atoms with E-state index in [2.05, 4.69) is 21.4 Å². The zero-order valence-corrected chi connectivity index (χ0v) is 16.1. The second-order valence-corrected chi connectivity index (χ2v) is 7.29. The number of fused-ring (bicyclic) bond motifs is 1. The topological polar surface area (TPSA) is 46.9 Å². The molecule has 26 heavy (non-hydrogen) atoms. The van der Waals surface area contributed by atoms with Gasteiger partial charge in [0.25, 0.3) is 0 Å². The highest BCUT2D eigenvalue weighted by Crippen LogP contribution is 2.24. The highest BCUT2D eigenvalue weighted by Gasteiger charge is 2.14.